The zero-order valence-corrected chi connectivity index (χ0v) is 18.1. The Morgan fingerprint density at radius 1 is 1.13 bits per heavy atom. The first-order valence-corrected chi connectivity index (χ1v) is 10.2. The normalized spacial score (nSPS) is 15.7. The van der Waals surface area contributed by atoms with Gasteiger partial charge in [0.25, 0.3) is 5.91 Å². The Morgan fingerprint density at radius 2 is 1.84 bits per heavy atom. The summed E-state index contributed by atoms with van der Waals surface area (Å²) < 4.78 is 7.07. The summed E-state index contributed by atoms with van der Waals surface area (Å²) in [4.78, 5) is 33.1. The Kier molecular flexibility index (Phi) is 5.27. The van der Waals surface area contributed by atoms with E-state index in [1.165, 1.54) is 0 Å². The molecule has 0 fully saturated rings. The highest BCUT2D eigenvalue weighted by atomic mass is 16.5. The van der Waals surface area contributed by atoms with Gasteiger partial charge in [0.1, 0.15) is 5.75 Å². The minimum Gasteiger partial charge on any atom is -0.497 e. The van der Waals surface area contributed by atoms with Crippen LogP contribution in [0.5, 0.6) is 5.75 Å². The lowest BCUT2D eigenvalue weighted by atomic mass is 10.0. The van der Waals surface area contributed by atoms with Crippen molar-refractivity contribution in [1.29, 1.82) is 0 Å². The Labute approximate surface area is 181 Å². The van der Waals surface area contributed by atoms with E-state index in [1.54, 1.807) is 30.6 Å². The first-order chi connectivity index (χ1) is 14.8. The lowest BCUT2D eigenvalue weighted by Crippen LogP contribution is -2.49. The van der Waals surface area contributed by atoms with Gasteiger partial charge in [0, 0.05) is 12.1 Å². The van der Waals surface area contributed by atoms with Crippen molar-refractivity contribution in [2.45, 2.75) is 38.9 Å². The summed E-state index contributed by atoms with van der Waals surface area (Å²) in [5, 5.41) is 3.03. The molecular formula is C24H26N4O3. The van der Waals surface area contributed by atoms with Crippen molar-refractivity contribution in [2.24, 2.45) is 0 Å². The molecule has 1 N–H and O–H groups in total. The summed E-state index contributed by atoms with van der Waals surface area (Å²) >= 11 is 0. The molecule has 2 aromatic carbocycles. The third kappa shape index (κ3) is 4.03. The summed E-state index contributed by atoms with van der Waals surface area (Å²) in [5.74, 6) is 0.282. The number of aromatic nitrogens is 2. The number of ether oxygens (including phenoxy) is 1. The number of benzene rings is 2. The molecule has 1 atom stereocenters. The average molecular weight is 418 g/mol. The third-order valence-corrected chi connectivity index (χ3v) is 5.17. The van der Waals surface area contributed by atoms with Crippen LogP contribution < -0.4 is 10.1 Å². The summed E-state index contributed by atoms with van der Waals surface area (Å²) in [5.41, 5.74) is 2.34. The van der Waals surface area contributed by atoms with Crippen LogP contribution in [0.4, 0.5) is 0 Å². The number of nitrogens with one attached hydrogen (secondary N) is 1. The highest BCUT2D eigenvalue weighted by Crippen LogP contribution is 2.33. The van der Waals surface area contributed by atoms with Crippen LogP contribution in [0.25, 0.3) is 5.69 Å². The molecule has 7 heteroatoms. The molecule has 7 nitrogen and oxygen atoms in total. The predicted octanol–water partition coefficient (Wildman–Crippen LogP) is 3.49. The number of fused-ring (bicyclic) bond motifs is 3. The number of rotatable bonds is 4. The number of hydrogen-bond acceptors (Lipinski definition) is 4. The standard InChI is InChI=1S/C24H26N4O3/c1-24(2,3)26-22(29)21-20-13-25-15-28(20)19-8-6-5-7-18(19)23(30)27(21)14-16-9-11-17(31-4)12-10-16/h5-13,15,21H,14H2,1-4H3,(H,26,29). The van der Waals surface area contributed by atoms with Crippen molar-refractivity contribution in [3.8, 4) is 11.4 Å². The van der Waals surface area contributed by atoms with Gasteiger partial charge in [-0.2, -0.15) is 0 Å². The molecule has 3 aromatic rings. The first-order valence-electron chi connectivity index (χ1n) is 10.2. The van der Waals surface area contributed by atoms with Gasteiger partial charge in [0.2, 0.25) is 5.91 Å². The Hall–Kier alpha value is -3.61. The van der Waals surface area contributed by atoms with E-state index in [9.17, 15) is 9.59 Å². The van der Waals surface area contributed by atoms with Crippen LogP contribution in [0.1, 0.15) is 48.4 Å². The molecule has 0 radical (unpaired) electrons. The second-order valence-electron chi connectivity index (χ2n) is 8.63. The number of nitrogens with zero attached hydrogens (tertiary/aromatic N) is 3. The van der Waals surface area contributed by atoms with Gasteiger partial charge in [-0.25, -0.2) is 4.98 Å². The smallest absolute Gasteiger partial charge is 0.257 e. The van der Waals surface area contributed by atoms with Gasteiger partial charge in [-0.05, 0) is 50.6 Å². The van der Waals surface area contributed by atoms with Crippen molar-refractivity contribution in [2.75, 3.05) is 7.11 Å². The monoisotopic (exact) mass is 418 g/mol. The van der Waals surface area contributed by atoms with Crippen LogP contribution in [-0.4, -0.2) is 38.9 Å². The molecule has 1 unspecified atom stereocenters. The zero-order chi connectivity index (χ0) is 22.2. The molecule has 0 aliphatic carbocycles. The van der Waals surface area contributed by atoms with Crippen molar-refractivity contribution in [3.05, 3.63) is 77.9 Å². The Morgan fingerprint density at radius 3 is 2.52 bits per heavy atom. The van der Waals surface area contributed by atoms with Crippen molar-refractivity contribution < 1.29 is 14.3 Å². The topological polar surface area (TPSA) is 76.5 Å². The molecule has 160 valence electrons. The summed E-state index contributed by atoms with van der Waals surface area (Å²) in [6, 6.07) is 14.0. The van der Waals surface area contributed by atoms with Crippen LogP contribution >= 0.6 is 0 Å². The van der Waals surface area contributed by atoms with Gasteiger partial charge in [0.15, 0.2) is 6.04 Å². The second-order valence-corrected chi connectivity index (χ2v) is 8.63. The van der Waals surface area contributed by atoms with E-state index in [0.717, 1.165) is 11.3 Å². The minimum atomic E-state index is -0.830. The highest BCUT2D eigenvalue weighted by Gasteiger charge is 2.39. The van der Waals surface area contributed by atoms with Crippen LogP contribution in [0.2, 0.25) is 0 Å². The fourth-order valence-corrected chi connectivity index (χ4v) is 3.81. The van der Waals surface area contributed by atoms with E-state index in [1.807, 2.05) is 67.8 Å². The van der Waals surface area contributed by atoms with E-state index in [2.05, 4.69) is 10.3 Å². The number of methoxy groups -OCH3 is 1. The molecular weight excluding hydrogens is 392 g/mol. The van der Waals surface area contributed by atoms with E-state index in [0.29, 0.717) is 16.9 Å². The molecule has 1 aromatic heterocycles. The maximum atomic E-state index is 13.7. The van der Waals surface area contributed by atoms with Gasteiger partial charge >= 0.3 is 0 Å². The number of hydrogen-bond donors (Lipinski definition) is 1. The Bertz CT molecular complexity index is 1110. The molecule has 4 rings (SSSR count). The van der Waals surface area contributed by atoms with Gasteiger partial charge in [-0.3, -0.25) is 14.2 Å². The molecule has 0 spiro atoms. The fourth-order valence-electron chi connectivity index (χ4n) is 3.81. The van der Waals surface area contributed by atoms with E-state index >= 15 is 0 Å². The maximum absolute atomic E-state index is 13.7. The first kappa shape index (κ1) is 20.7. The summed E-state index contributed by atoms with van der Waals surface area (Å²) in [6.07, 6.45) is 3.30. The number of imidazole rings is 1. The number of para-hydroxylation sites is 1. The quantitative estimate of drug-likeness (QED) is 0.704. The second kappa shape index (κ2) is 7.91. The molecule has 0 saturated carbocycles. The number of carbonyl (C=O) groups excluding carboxylic acids is 2. The van der Waals surface area contributed by atoms with Crippen LogP contribution in [0.15, 0.2) is 61.1 Å². The third-order valence-electron chi connectivity index (χ3n) is 5.17. The molecule has 1 aliphatic heterocycles. The van der Waals surface area contributed by atoms with Gasteiger partial charge < -0.3 is 15.0 Å². The molecule has 0 bridgehead atoms. The molecule has 2 amide bonds. The van der Waals surface area contributed by atoms with Crippen molar-refractivity contribution in [1.82, 2.24) is 19.8 Å². The van der Waals surface area contributed by atoms with Crippen LogP contribution in [0, 0.1) is 0 Å². The van der Waals surface area contributed by atoms with Crippen molar-refractivity contribution in [3.63, 3.8) is 0 Å². The van der Waals surface area contributed by atoms with E-state index in [4.69, 9.17) is 4.74 Å². The number of carbonyl (C=O) groups is 2. The van der Waals surface area contributed by atoms with E-state index in [-0.39, 0.29) is 18.4 Å². The van der Waals surface area contributed by atoms with Crippen molar-refractivity contribution >= 4 is 11.8 Å². The lowest BCUT2D eigenvalue weighted by molar-refractivity contribution is -0.127. The van der Waals surface area contributed by atoms with Gasteiger partial charge in [0.05, 0.1) is 36.6 Å². The number of amides is 2. The molecule has 0 saturated heterocycles. The lowest BCUT2D eigenvalue weighted by Gasteiger charge is -2.32. The van der Waals surface area contributed by atoms with Crippen LogP contribution in [-0.2, 0) is 11.3 Å². The minimum absolute atomic E-state index is 0.204. The summed E-state index contributed by atoms with van der Waals surface area (Å²) in [7, 11) is 1.61. The highest BCUT2D eigenvalue weighted by molar-refractivity contribution is 6.01. The van der Waals surface area contributed by atoms with Gasteiger partial charge in [-0.1, -0.05) is 24.3 Å². The Balaban J connectivity index is 1.83. The molecule has 31 heavy (non-hydrogen) atoms. The fraction of sp³-hybridized carbons (Fsp3) is 0.292. The average Bonchev–Trinajstić information content (AvgIpc) is 3.18. The zero-order valence-electron chi connectivity index (χ0n) is 18.1. The van der Waals surface area contributed by atoms with Crippen LogP contribution in [0.3, 0.4) is 0 Å². The predicted molar refractivity (Wildman–Crippen MR) is 117 cm³/mol. The largest absolute Gasteiger partial charge is 0.497 e. The maximum Gasteiger partial charge on any atom is 0.257 e. The van der Waals surface area contributed by atoms with E-state index < -0.39 is 11.6 Å². The summed E-state index contributed by atoms with van der Waals surface area (Å²) in [6.45, 7) is 6.03. The van der Waals surface area contributed by atoms with Gasteiger partial charge in [-0.15, -0.1) is 0 Å². The molecule has 1 aliphatic rings. The molecule has 2 heterocycles. The SMILES string of the molecule is COc1ccc(CN2C(=O)c3ccccc3-n3cncc3C2C(=O)NC(C)(C)C)cc1.